The number of ether oxygens (including phenoxy) is 3. The van der Waals surface area contributed by atoms with E-state index < -0.39 is 36.1 Å². The molecule has 9 nitrogen and oxygen atoms in total. The molecular formula is C12H20O9. The minimum absolute atomic E-state index is 0.464. The quantitative estimate of drug-likeness (QED) is 0.443. The second-order valence-electron chi connectivity index (χ2n) is 3.39. The van der Waals surface area contributed by atoms with Crippen molar-refractivity contribution < 1.29 is 43.3 Å². The van der Waals surface area contributed by atoms with Gasteiger partial charge in [-0.1, -0.05) is 0 Å². The SMILES string of the molecule is CC(=O)O.CC(=O)OC(C)=O.CC(=O)OC(C)OC(C)=O. The number of carboxylic acids is 1. The molecule has 0 atom stereocenters. The Balaban J connectivity index is -0.000000256. The van der Waals surface area contributed by atoms with Crippen LogP contribution in [0.15, 0.2) is 0 Å². The van der Waals surface area contributed by atoms with Crippen LogP contribution in [-0.4, -0.2) is 41.2 Å². The maximum atomic E-state index is 10.2. The summed E-state index contributed by atoms with van der Waals surface area (Å²) in [6.45, 7) is 7.42. The number of rotatable bonds is 2. The van der Waals surface area contributed by atoms with Gasteiger partial charge >= 0.3 is 23.9 Å². The van der Waals surface area contributed by atoms with Crippen LogP contribution in [0.5, 0.6) is 0 Å². The van der Waals surface area contributed by atoms with Crippen LogP contribution in [0.25, 0.3) is 0 Å². The molecule has 0 amide bonds. The Labute approximate surface area is 122 Å². The van der Waals surface area contributed by atoms with Crippen LogP contribution in [0.3, 0.4) is 0 Å². The van der Waals surface area contributed by atoms with Gasteiger partial charge in [0.05, 0.1) is 0 Å². The molecule has 0 aromatic heterocycles. The first-order valence-electron chi connectivity index (χ1n) is 5.61. The topological polar surface area (TPSA) is 133 Å². The summed E-state index contributed by atoms with van der Waals surface area (Å²) in [5.41, 5.74) is 0. The van der Waals surface area contributed by atoms with E-state index in [1.54, 1.807) is 0 Å². The van der Waals surface area contributed by atoms with E-state index in [-0.39, 0.29) is 0 Å². The molecule has 0 saturated heterocycles. The lowest BCUT2D eigenvalue weighted by Crippen LogP contribution is -2.18. The van der Waals surface area contributed by atoms with Crippen LogP contribution in [0.4, 0.5) is 0 Å². The molecule has 122 valence electrons. The molecule has 21 heavy (non-hydrogen) atoms. The second kappa shape index (κ2) is 14.0. The lowest BCUT2D eigenvalue weighted by atomic mass is 10.7. The van der Waals surface area contributed by atoms with Gasteiger partial charge in [-0.25, -0.2) is 0 Å². The number of hydrogen-bond acceptors (Lipinski definition) is 8. The fraction of sp³-hybridized carbons (Fsp3) is 0.583. The first-order chi connectivity index (χ1) is 9.38. The Morgan fingerprint density at radius 2 is 0.952 bits per heavy atom. The summed E-state index contributed by atoms with van der Waals surface area (Å²) in [4.78, 5) is 49.1. The van der Waals surface area contributed by atoms with E-state index in [0.29, 0.717) is 0 Å². The predicted molar refractivity (Wildman–Crippen MR) is 68.8 cm³/mol. The summed E-state index contributed by atoms with van der Waals surface area (Å²) in [6, 6.07) is 0. The summed E-state index contributed by atoms with van der Waals surface area (Å²) in [6.07, 6.45) is -0.782. The predicted octanol–water partition coefficient (Wildman–Crippen LogP) is 0.645. The molecule has 0 heterocycles. The molecule has 0 aliphatic rings. The van der Waals surface area contributed by atoms with E-state index in [2.05, 4.69) is 14.2 Å². The number of hydrogen-bond donors (Lipinski definition) is 1. The maximum absolute atomic E-state index is 10.2. The van der Waals surface area contributed by atoms with Crippen LogP contribution in [0, 0.1) is 0 Å². The lowest BCUT2D eigenvalue weighted by molar-refractivity contribution is -0.181. The number of carbonyl (C=O) groups is 5. The molecule has 0 aliphatic carbocycles. The molecule has 9 heteroatoms. The third-order valence-electron chi connectivity index (χ3n) is 0.951. The van der Waals surface area contributed by atoms with Crippen molar-refractivity contribution in [2.24, 2.45) is 0 Å². The Hall–Kier alpha value is -2.45. The van der Waals surface area contributed by atoms with Gasteiger partial charge in [0.25, 0.3) is 5.97 Å². The molecule has 0 rings (SSSR count). The van der Waals surface area contributed by atoms with E-state index in [1.807, 2.05) is 0 Å². The Morgan fingerprint density at radius 1 is 0.714 bits per heavy atom. The van der Waals surface area contributed by atoms with Crippen LogP contribution >= 0.6 is 0 Å². The van der Waals surface area contributed by atoms with Crippen molar-refractivity contribution in [3.8, 4) is 0 Å². The zero-order valence-electron chi connectivity index (χ0n) is 12.8. The number of carboxylic acid groups (broad SMARTS) is 1. The van der Waals surface area contributed by atoms with Crippen molar-refractivity contribution >= 4 is 29.8 Å². The highest BCUT2D eigenvalue weighted by molar-refractivity contribution is 5.82. The monoisotopic (exact) mass is 308 g/mol. The highest BCUT2D eigenvalue weighted by Crippen LogP contribution is 1.93. The minimum atomic E-state index is -0.833. The molecule has 0 spiro atoms. The summed E-state index contributed by atoms with van der Waals surface area (Å²) >= 11 is 0. The van der Waals surface area contributed by atoms with Gasteiger partial charge in [0.2, 0.25) is 6.29 Å². The van der Waals surface area contributed by atoms with Gasteiger partial charge in [-0.3, -0.25) is 24.0 Å². The van der Waals surface area contributed by atoms with Gasteiger partial charge in [0.1, 0.15) is 0 Å². The summed E-state index contributed by atoms with van der Waals surface area (Å²) in [5, 5.41) is 7.42. The normalized spacial score (nSPS) is 8.14. The Morgan fingerprint density at radius 3 is 1.05 bits per heavy atom. The zero-order chi connectivity index (χ0) is 17.6. The van der Waals surface area contributed by atoms with Crippen molar-refractivity contribution in [3.63, 3.8) is 0 Å². The van der Waals surface area contributed by atoms with Crippen molar-refractivity contribution in [2.45, 2.75) is 47.8 Å². The minimum Gasteiger partial charge on any atom is -0.481 e. The van der Waals surface area contributed by atoms with Gasteiger partial charge in [-0.05, 0) is 0 Å². The van der Waals surface area contributed by atoms with E-state index >= 15 is 0 Å². The highest BCUT2D eigenvalue weighted by atomic mass is 16.7. The van der Waals surface area contributed by atoms with Gasteiger partial charge in [0, 0.05) is 41.5 Å². The molecule has 0 saturated carbocycles. The standard InChI is InChI=1S/C6H10O4.C4H6O3.C2H4O2/c1-4(7)9-6(3)10-5(2)8;1-3(5)7-4(2)6;1-2(3)4/h6H,1-3H3;1-2H3;1H3,(H,3,4). The molecular weight excluding hydrogens is 288 g/mol. The van der Waals surface area contributed by atoms with Gasteiger partial charge in [0.15, 0.2) is 0 Å². The Bertz CT molecular complexity index is 341. The van der Waals surface area contributed by atoms with Crippen LogP contribution in [0.1, 0.15) is 41.5 Å². The van der Waals surface area contributed by atoms with Gasteiger partial charge in [-0.15, -0.1) is 0 Å². The summed E-state index contributed by atoms with van der Waals surface area (Å²) in [7, 11) is 0. The van der Waals surface area contributed by atoms with Gasteiger partial charge < -0.3 is 19.3 Å². The molecule has 0 aromatic carbocycles. The third kappa shape index (κ3) is 46.5. The molecule has 1 N–H and O–H groups in total. The third-order valence-corrected chi connectivity index (χ3v) is 0.951. The number of aliphatic carboxylic acids is 1. The fourth-order valence-electron chi connectivity index (χ4n) is 0.694. The highest BCUT2D eigenvalue weighted by Gasteiger charge is 2.06. The fourth-order valence-corrected chi connectivity index (χ4v) is 0.694. The van der Waals surface area contributed by atoms with E-state index in [9.17, 15) is 19.2 Å². The molecule has 0 aromatic rings. The summed E-state index contributed by atoms with van der Waals surface area (Å²) in [5.74, 6) is -2.89. The van der Waals surface area contributed by atoms with E-state index in [0.717, 1.165) is 6.92 Å². The molecule has 0 aliphatic heterocycles. The molecule has 0 unspecified atom stereocenters. The van der Waals surface area contributed by atoms with Crippen molar-refractivity contribution in [2.75, 3.05) is 0 Å². The maximum Gasteiger partial charge on any atom is 0.310 e. The molecule has 0 radical (unpaired) electrons. The number of esters is 4. The first kappa shape index (κ1) is 23.6. The summed E-state index contributed by atoms with van der Waals surface area (Å²) < 4.78 is 12.9. The van der Waals surface area contributed by atoms with Crippen LogP contribution in [0.2, 0.25) is 0 Å². The van der Waals surface area contributed by atoms with E-state index in [4.69, 9.17) is 9.90 Å². The van der Waals surface area contributed by atoms with Crippen LogP contribution in [-0.2, 0) is 38.2 Å². The van der Waals surface area contributed by atoms with Gasteiger partial charge in [-0.2, -0.15) is 0 Å². The van der Waals surface area contributed by atoms with Crippen LogP contribution < -0.4 is 0 Å². The average Bonchev–Trinajstić information content (AvgIpc) is 2.10. The van der Waals surface area contributed by atoms with E-state index in [1.165, 1.54) is 34.6 Å². The molecule has 0 fully saturated rings. The number of carbonyl (C=O) groups excluding carboxylic acids is 4. The largest absolute Gasteiger partial charge is 0.481 e. The second-order valence-corrected chi connectivity index (χ2v) is 3.39. The average molecular weight is 308 g/mol. The molecule has 0 bridgehead atoms. The first-order valence-corrected chi connectivity index (χ1v) is 5.61. The smallest absolute Gasteiger partial charge is 0.310 e. The lowest BCUT2D eigenvalue weighted by Gasteiger charge is -2.10. The van der Waals surface area contributed by atoms with Crippen molar-refractivity contribution in [1.82, 2.24) is 0 Å². The van der Waals surface area contributed by atoms with Crippen molar-refractivity contribution in [3.05, 3.63) is 0 Å². The van der Waals surface area contributed by atoms with Crippen molar-refractivity contribution in [1.29, 1.82) is 0 Å². The Kier molecular flexibility index (Phi) is 15.7. The zero-order valence-corrected chi connectivity index (χ0v) is 12.8.